The highest BCUT2D eigenvalue weighted by Gasteiger charge is 2.35. The summed E-state index contributed by atoms with van der Waals surface area (Å²) in [6, 6.07) is 20.4. The molecule has 9 nitrogen and oxygen atoms in total. The number of carbonyl (C=O) groups is 1. The third-order valence-corrected chi connectivity index (χ3v) is 6.06. The third-order valence-electron chi connectivity index (χ3n) is 6.06. The van der Waals surface area contributed by atoms with Crippen molar-refractivity contribution in [3.8, 4) is 17.1 Å². The highest BCUT2D eigenvalue weighted by molar-refractivity contribution is 6.06. The maximum absolute atomic E-state index is 13.7. The van der Waals surface area contributed by atoms with Crippen LogP contribution in [0.15, 0.2) is 84.2 Å². The van der Waals surface area contributed by atoms with Gasteiger partial charge in [-0.1, -0.05) is 18.2 Å². The number of rotatable bonds is 6. The Morgan fingerprint density at radius 1 is 1.06 bits per heavy atom. The van der Waals surface area contributed by atoms with E-state index in [-0.39, 0.29) is 5.91 Å². The van der Waals surface area contributed by atoms with E-state index in [1.807, 2.05) is 80.5 Å². The molecule has 1 atom stereocenters. The molecule has 0 radical (unpaired) electrons. The second-order valence-corrected chi connectivity index (χ2v) is 8.62. The van der Waals surface area contributed by atoms with Crippen LogP contribution in [-0.4, -0.2) is 46.9 Å². The minimum Gasteiger partial charge on any atom is -0.495 e. The summed E-state index contributed by atoms with van der Waals surface area (Å²) < 4.78 is 7.14. The molecule has 0 aliphatic carbocycles. The fourth-order valence-electron chi connectivity index (χ4n) is 4.22. The zero-order valence-corrected chi connectivity index (χ0v) is 20.6. The predicted octanol–water partition coefficient (Wildman–Crippen LogP) is 4.34. The van der Waals surface area contributed by atoms with Gasteiger partial charge in [-0.05, 0) is 55.5 Å². The molecule has 1 aliphatic rings. The van der Waals surface area contributed by atoms with Crippen LogP contribution < -0.4 is 20.3 Å². The standard InChI is InChI=1S/C27H27N7O2/c1-17-23(26(35)30-20-9-5-6-11-22(20)36-4)24(21-10-7-8-16-28-21)34-27(29-17)31-25(32-34)18-12-14-19(15-13-18)33(2)3/h5-16,24H,1-4H3,(H,30,35)(H,29,31,32). The molecule has 1 unspecified atom stereocenters. The normalized spacial score (nSPS) is 14.6. The van der Waals surface area contributed by atoms with Crippen LogP contribution in [0.2, 0.25) is 0 Å². The molecule has 0 saturated carbocycles. The van der Waals surface area contributed by atoms with E-state index >= 15 is 0 Å². The van der Waals surface area contributed by atoms with Gasteiger partial charge in [0.2, 0.25) is 5.95 Å². The molecule has 2 aromatic carbocycles. The van der Waals surface area contributed by atoms with E-state index in [1.54, 1.807) is 30.1 Å². The van der Waals surface area contributed by atoms with Gasteiger partial charge in [0.05, 0.1) is 24.1 Å². The number of benzene rings is 2. The maximum Gasteiger partial charge on any atom is 0.256 e. The van der Waals surface area contributed by atoms with Crippen LogP contribution in [0.1, 0.15) is 18.7 Å². The molecular formula is C27H27N7O2. The topological polar surface area (TPSA) is 97.2 Å². The zero-order chi connectivity index (χ0) is 25.2. The molecule has 5 rings (SSSR count). The molecule has 0 spiro atoms. The van der Waals surface area contributed by atoms with Crippen LogP contribution in [-0.2, 0) is 4.79 Å². The SMILES string of the molecule is COc1ccccc1NC(=O)C1=C(C)Nc2nc(-c3ccc(N(C)C)cc3)nn2C1c1ccccn1. The van der Waals surface area contributed by atoms with Crippen molar-refractivity contribution in [3.05, 3.63) is 89.9 Å². The number of nitrogens with one attached hydrogen (secondary N) is 2. The Morgan fingerprint density at radius 3 is 2.50 bits per heavy atom. The fraction of sp³-hybridized carbons (Fsp3) is 0.185. The van der Waals surface area contributed by atoms with Gasteiger partial charge in [-0.15, -0.1) is 5.10 Å². The lowest BCUT2D eigenvalue weighted by molar-refractivity contribution is -0.113. The van der Waals surface area contributed by atoms with E-state index in [2.05, 4.69) is 15.6 Å². The Hall–Kier alpha value is -4.66. The summed E-state index contributed by atoms with van der Waals surface area (Å²) in [5.41, 5.74) is 4.39. The number of fused-ring (bicyclic) bond motifs is 1. The van der Waals surface area contributed by atoms with Gasteiger partial charge >= 0.3 is 0 Å². The van der Waals surface area contributed by atoms with Crippen molar-refractivity contribution in [2.24, 2.45) is 0 Å². The van der Waals surface area contributed by atoms with Gasteiger partial charge in [0.25, 0.3) is 5.91 Å². The molecule has 3 heterocycles. The molecule has 2 N–H and O–H groups in total. The summed E-state index contributed by atoms with van der Waals surface area (Å²) >= 11 is 0. The highest BCUT2D eigenvalue weighted by atomic mass is 16.5. The number of nitrogens with zero attached hydrogens (tertiary/aromatic N) is 5. The van der Waals surface area contributed by atoms with Gasteiger partial charge in [-0.3, -0.25) is 9.78 Å². The number of pyridine rings is 1. The molecule has 0 bridgehead atoms. The van der Waals surface area contributed by atoms with Gasteiger partial charge in [-0.25, -0.2) is 4.68 Å². The Kier molecular flexibility index (Phi) is 6.12. The lowest BCUT2D eigenvalue weighted by atomic mass is 9.98. The van der Waals surface area contributed by atoms with Crippen LogP contribution in [0, 0.1) is 0 Å². The molecule has 4 aromatic rings. The first-order chi connectivity index (χ1) is 17.5. The van der Waals surface area contributed by atoms with Crippen molar-refractivity contribution in [3.63, 3.8) is 0 Å². The van der Waals surface area contributed by atoms with Crippen LogP contribution in [0.4, 0.5) is 17.3 Å². The van der Waals surface area contributed by atoms with Crippen LogP contribution in [0.3, 0.4) is 0 Å². The third kappa shape index (κ3) is 4.26. The molecular weight excluding hydrogens is 454 g/mol. The first-order valence-electron chi connectivity index (χ1n) is 11.5. The quantitative estimate of drug-likeness (QED) is 0.423. The number of hydrogen-bond acceptors (Lipinski definition) is 7. The lowest BCUT2D eigenvalue weighted by Gasteiger charge is -2.28. The average molecular weight is 482 g/mol. The Labute approximate surface area is 209 Å². The highest BCUT2D eigenvalue weighted by Crippen LogP contribution is 2.36. The minimum absolute atomic E-state index is 0.279. The molecule has 182 valence electrons. The summed E-state index contributed by atoms with van der Waals surface area (Å²) in [6.07, 6.45) is 1.71. The first-order valence-corrected chi connectivity index (χ1v) is 11.5. The van der Waals surface area contributed by atoms with E-state index in [0.29, 0.717) is 40.2 Å². The Bertz CT molecular complexity index is 1430. The summed E-state index contributed by atoms with van der Waals surface area (Å²) in [7, 11) is 5.56. The molecule has 0 saturated heterocycles. The van der Waals surface area contributed by atoms with Gasteiger partial charge in [-0.2, -0.15) is 4.98 Å². The van der Waals surface area contributed by atoms with E-state index in [9.17, 15) is 4.79 Å². The number of ether oxygens (including phenoxy) is 1. The maximum atomic E-state index is 13.7. The number of anilines is 3. The molecule has 0 fully saturated rings. The number of amides is 1. The largest absolute Gasteiger partial charge is 0.495 e. The number of para-hydroxylation sites is 2. The minimum atomic E-state index is -0.570. The average Bonchev–Trinajstić information content (AvgIpc) is 3.32. The van der Waals surface area contributed by atoms with Gasteiger partial charge in [0, 0.05) is 37.2 Å². The van der Waals surface area contributed by atoms with E-state index in [4.69, 9.17) is 14.8 Å². The Morgan fingerprint density at radius 2 is 1.81 bits per heavy atom. The molecule has 9 heteroatoms. The number of allylic oxidation sites excluding steroid dienone is 1. The summed E-state index contributed by atoms with van der Waals surface area (Å²) in [5.74, 6) is 1.40. The summed E-state index contributed by atoms with van der Waals surface area (Å²) in [5, 5.41) is 11.1. The van der Waals surface area contributed by atoms with E-state index < -0.39 is 6.04 Å². The smallest absolute Gasteiger partial charge is 0.256 e. The number of methoxy groups -OCH3 is 1. The molecule has 1 amide bonds. The summed E-state index contributed by atoms with van der Waals surface area (Å²) in [4.78, 5) is 25.0. The predicted molar refractivity (Wildman–Crippen MR) is 140 cm³/mol. The molecule has 36 heavy (non-hydrogen) atoms. The van der Waals surface area contributed by atoms with Crippen molar-refractivity contribution in [2.45, 2.75) is 13.0 Å². The first kappa shape index (κ1) is 23.1. The molecule has 1 aliphatic heterocycles. The number of aromatic nitrogens is 4. The number of carbonyl (C=O) groups excluding carboxylic acids is 1. The summed E-state index contributed by atoms with van der Waals surface area (Å²) in [6.45, 7) is 1.86. The van der Waals surface area contributed by atoms with Crippen LogP contribution >= 0.6 is 0 Å². The second kappa shape index (κ2) is 9.53. The van der Waals surface area contributed by atoms with Gasteiger partial charge in [0.1, 0.15) is 11.8 Å². The molecule has 2 aromatic heterocycles. The van der Waals surface area contributed by atoms with Gasteiger partial charge < -0.3 is 20.3 Å². The van der Waals surface area contributed by atoms with Crippen molar-refractivity contribution in [1.82, 2.24) is 19.7 Å². The van der Waals surface area contributed by atoms with Crippen molar-refractivity contribution < 1.29 is 9.53 Å². The second-order valence-electron chi connectivity index (χ2n) is 8.62. The number of hydrogen-bond donors (Lipinski definition) is 2. The van der Waals surface area contributed by atoms with Crippen molar-refractivity contribution >= 4 is 23.2 Å². The Balaban J connectivity index is 1.56. The van der Waals surface area contributed by atoms with Crippen molar-refractivity contribution in [1.29, 1.82) is 0 Å². The van der Waals surface area contributed by atoms with Crippen LogP contribution in [0.5, 0.6) is 5.75 Å². The fourth-order valence-corrected chi connectivity index (χ4v) is 4.22. The van der Waals surface area contributed by atoms with Crippen molar-refractivity contribution in [2.75, 3.05) is 36.7 Å². The van der Waals surface area contributed by atoms with Gasteiger partial charge in [0.15, 0.2) is 5.82 Å². The monoisotopic (exact) mass is 481 g/mol. The van der Waals surface area contributed by atoms with Crippen LogP contribution in [0.25, 0.3) is 11.4 Å². The van der Waals surface area contributed by atoms with E-state index in [0.717, 1.165) is 11.3 Å². The zero-order valence-electron chi connectivity index (χ0n) is 20.6. The van der Waals surface area contributed by atoms with E-state index in [1.165, 1.54) is 0 Å². The lowest BCUT2D eigenvalue weighted by Crippen LogP contribution is -2.32.